The SMILES string of the molecule is CC(CCCOc1cccc(F)c1)Oc1cccc2ccc(N)nc12. The van der Waals surface area contributed by atoms with E-state index in [4.69, 9.17) is 15.2 Å². The Hall–Kier alpha value is -2.82. The second-order valence-corrected chi connectivity index (χ2v) is 5.94. The number of nitrogens with zero attached hydrogens (tertiary/aromatic N) is 1. The lowest BCUT2D eigenvalue weighted by molar-refractivity contribution is 0.195. The number of ether oxygens (including phenoxy) is 2. The molecule has 0 fully saturated rings. The Balaban J connectivity index is 1.53. The lowest BCUT2D eigenvalue weighted by Crippen LogP contribution is -2.13. The van der Waals surface area contributed by atoms with Gasteiger partial charge in [-0.05, 0) is 50.1 Å². The summed E-state index contributed by atoms with van der Waals surface area (Å²) in [6.45, 7) is 2.52. The number of para-hydroxylation sites is 1. The summed E-state index contributed by atoms with van der Waals surface area (Å²) in [5.74, 6) is 1.45. The van der Waals surface area contributed by atoms with E-state index < -0.39 is 0 Å². The molecule has 25 heavy (non-hydrogen) atoms. The van der Waals surface area contributed by atoms with Crippen molar-refractivity contribution in [2.24, 2.45) is 0 Å². The van der Waals surface area contributed by atoms with Crippen molar-refractivity contribution in [3.05, 3.63) is 60.4 Å². The Morgan fingerprint density at radius 1 is 1.12 bits per heavy atom. The summed E-state index contributed by atoms with van der Waals surface area (Å²) in [5.41, 5.74) is 6.55. The van der Waals surface area contributed by atoms with Crippen LogP contribution in [0.1, 0.15) is 19.8 Å². The minimum absolute atomic E-state index is 0.00457. The van der Waals surface area contributed by atoms with Crippen LogP contribution in [0.25, 0.3) is 10.9 Å². The molecule has 1 heterocycles. The molecule has 2 N–H and O–H groups in total. The average molecular weight is 340 g/mol. The van der Waals surface area contributed by atoms with Gasteiger partial charge in [-0.3, -0.25) is 0 Å². The van der Waals surface area contributed by atoms with Crippen molar-refractivity contribution in [1.82, 2.24) is 4.98 Å². The topological polar surface area (TPSA) is 57.4 Å². The first-order valence-electron chi connectivity index (χ1n) is 8.32. The number of rotatable bonds is 7. The average Bonchev–Trinajstić information content (AvgIpc) is 2.59. The van der Waals surface area contributed by atoms with E-state index in [1.54, 1.807) is 18.2 Å². The van der Waals surface area contributed by atoms with E-state index in [1.807, 2.05) is 31.2 Å². The van der Waals surface area contributed by atoms with Crippen molar-refractivity contribution >= 4 is 16.7 Å². The van der Waals surface area contributed by atoms with Gasteiger partial charge in [0, 0.05) is 11.5 Å². The highest BCUT2D eigenvalue weighted by atomic mass is 19.1. The standard InChI is InChI=1S/C20H21FN2O2/c1-14(5-4-12-24-17-8-3-7-16(21)13-17)25-18-9-2-6-15-10-11-19(22)23-20(15)18/h2-3,6-11,13-14H,4-5,12H2,1H3,(H2,22,23). The lowest BCUT2D eigenvalue weighted by Gasteiger charge is -2.16. The van der Waals surface area contributed by atoms with Gasteiger partial charge in [0.2, 0.25) is 0 Å². The van der Waals surface area contributed by atoms with Gasteiger partial charge in [0.1, 0.15) is 28.7 Å². The maximum absolute atomic E-state index is 13.1. The number of hydrogen-bond acceptors (Lipinski definition) is 4. The number of nitrogens with two attached hydrogens (primary N) is 1. The van der Waals surface area contributed by atoms with Crippen molar-refractivity contribution in [2.45, 2.75) is 25.9 Å². The third-order valence-corrected chi connectivity index (χ3v) is 3.85. The Morgan fingerprint density at radius 2 is 1.96 bits per heavy atom. The van der Waals surface area contributed by atoms with Crippen molar-refractivity contribution in [3.8, 4) is 11.5 Å². The molecule has 0 saturated heterocycles. The van der Waals surface area contributed by atoms with Crippen molar-refractivity contribution in [3.63, 3.8) is 0 Å². The first kappa shape index (κ1) is 17.0. The maximum Gasteiger partial charge on any atom is 0.146 e. The molecule has 0 aliphatic rings. The molecule has 1 atom stereocenters. The van der Waals surface area contributed by atoms with Crippen LogP contribution in [-0.2, 0) is 0 Å². The van der Waals surface area contributed by atoms with Crippen LogP contribution in [0.4, 0.5) is 10.2 Å². The molecule has 3 rings (SSSR count). The van der Waals surface area contributed by atoms with E-state index >= 15 is 0 Å². The van der Waals surface area contributed by atoms with Gasteiger partial charge in [0.25, 0.3) is 0 Å². The molecular weight excluding hydrogens is 319 g/mol. The van der Waals surface area contributed by atoms with E-state index in [9.17, 15) is 4.39 Å². The monoisotopic (exact) mass is 340 g/mol. The number of aromatic nitrogens is 1. The molecular formula is C20H21FN2O2. The van der Waals surface area contributed by atoms with Crippen LogP contribution in [-0.4, -0.2) is 17.7 Å². The quantitative estimate of drug-likeness (QED) is 0.640. The molecule has 0 aliphatic heterocycles. The molecule has 2 aromatic carbocycles. The van der Waals surface area contributed by atoms with Crippen LogP contribution in [0.2, 0.25) is 0 Å². The summed E-state index contributed by atoms with van der Waals surface area (Å²) in [6, 6.07) is 15.7. The molecule has 3 aromatic rings. The summed E-state index contributed by atoms with van der Waals surface area (Å²) >= 11 is 0. The van der Waals surface area contributed by atoms with Crippen LogP contribution < -0.4 is 15.2 Å². The van der Waals surface area contributed by atoms with Gasteiger partial charge in [-0.1, -0.05) is 18.2 Å². The third kappa shape index (κ3) is 4.59. The van der Waals surface area contributed by atoms with Gasteiger partial charge >= 0.3 is 0 Å². The smallest absolute Gasteiger partial charge is 0.146 e. The fourth-order valence-corrected chi connectivity index (χ4v) is 2.62. The minimum atomic E-state index is -0.295. The van der Waals surface area contributed by atoms with Crippen molar-refractivity contribution < 1.29 is 13.9 Å². The van der Waals surface area contributed by atoms with E-state index in [-0.39, 0.29) is 11.9 Å². The van der Waals surface area contributed by atoms with Crippen LogP contribution in [0, 0.1) is 5.82 Å². The Morgan fingerprint density at radius 3 is 2.80 bits per heavy atom. The van der Waals surface area contributed by atoms with Gasteiger partial charge in [-0.2, -0.15) is 0 Å². The maximum atomic E-state index is 13.1. The van der Waals surface area contributed by atoms with Crippen LogP contribution in [0.5, 0.6) is 11.5 Å². The number of nitrogen functional groups attached to an aromatic ring is 1. The first-order chi connectivity index (χ1) is 12.1. The number of halogens is 1. The number of fused-ring (bicyclic) bond motifs is 1. The molecule has 0 saturated carbocycles. The molecule has 1 unspecified atom stereocenters. The number of anilines is 1. The minimum Gasteiger partial charge on any atom is -0.493 e. The van der Waals surface area contributed by atoms with Gasteiger partial charge in [0.15, 0.2) is 0 Å². The molecule has 0 radical (unpaired) electrons. The molecule has 4 nitrogen and oxygen atoms in total. The molecule has 1 aromatic heterocycles. The third-order valence-electron chi connectivity index (χ3n) is 3.85. The fourth-order valence-electron chi connectivity index (χ4n) is 2.62. The summed E-state index contributed by atoms with van der Waals surface area (Å²) in [5, 5.41) is 0.994. The predicted molar refractivity (Wildman–Crippen MR) is 97.4 cm³/mol. The van der Waals surface area contributed by atoms with Gasteiger partial charge in [-0.25, -0.2) is 9.37 Å². The molecule has 0 amide bonds. The van der Waals surface area contributed by atoms with Crippen molar-refractivity contribution in [1.29, 1.82) is 0 Å². The Bertz CT molecular complexity index is 854. The lowest BCUT2D eigenvalue weighted by atomic mass is 10.2. The van der Waals surface area contributed by atoms with E-state index in [0.717, 1.165) is 29.5 Å². The zero-order valence-electron chi connectivity index (χ0n) is 14.1. The summed E-state index contributed by atoms with van der Waals surface area (Å²) in [4.78, 5) is 4.37. The zero-order chi connectivity index (χ0) is 17.6. The normalized spacial score (nSPS) is 12.1. The van der Waals surface area contributed by atoms with Crippen LogP contribution >= 0.6 is 0 Å². The number of benzene rings is 2. The van der Waals surface area contributed by atoms with Crippen LogP contribution in [0.3, 0.4) is 0 Å². The highest BCUT2D eigenvalue weighted by molar-refractivity contribution is 5.85. The van der Waals surface area contributed by atoms with E-state index in [0.29, 0.717) is 18.2 Å². The highest BCUT2D eigenvalue weighted by Crippen LogP contribution is 2.26. The summed E-state index contributed by atoms with van der Waals surface area (Å²) < 4.78 is 24.7. The second kappa shape index (κ2) is 7.83. The second-order valence-electron chi connectivity index (χ2n) is 5.94. The molecule has 5 heteroatoms. The largest absolute Gasteiger partial charge is 0.493 e. The molecule has 0 spiro atoms. The van der Waals surface area contributed by atoms with Gasteiger partial charge < -0.3 is 15.2 Å². The van der Waals surface area contributed by atoms with Crippen LogP contribution in [0.15, 0.2) is 54.6 Å². The van der Waals surface area contributed by atoms with Gasteiger partial charge in [-0.15, -0.1) is 0 Å². The first-order valence-corrected chi connectivity index (χ1v) is 8.32. The highest BCUT2D eigenvalue weighted by Gasteiger charge is 2.09. The summed E-state index contributed by atoms with van der Waals surface area (Å²) in [6.07, 6.45) is 1.62. The van der Waals surface area contributed by atoms with E-state index in [2.05, 4.69) is 4.98 Å². The Kier molecular flexibility index (Phi) is 5.33. The molecule has 0 aliphatic carbocycles. The van der Waals surface area contributed by atoms with E-state index in [1.165, 1.54) is 12.1 Å². The fraction of sp³-hybridized carbons (Fsp3) is 0.250. The van der Waals surface area contributed by atoms with Crippen molar-refractivity contribution in [2.75, 3.05) is 12.3 Å². The summed E-state index contributed by atoms with van der Waals surface area (Å²) in [7, 11) is 0. The number of pyridine rings is 1. The van der Waals surface area contributed by atoms with Gasteiger partial charge in [0.05, 0.1) is 12.7 Å². The molecule has 130 valence electrons. The predicted octanol–water partition coefficient (Wildman–Crippen LogP) is 4.58. The number of hydrogen-bond donors (Lipinski definition) is 1. The molecule has 0 bridgehead atoms. The Labute approximate surface area is 146 Å². The zero-order valence-corrected chi connectivity index (χ0v) is 14.1.